The molecule has 0 N–H and O–H groups in total. The second-order valence-electron chi connectivity index (χ2n) is 12.6. The Labute approximate surface area is 298 Å². The lowest BCUT2D eigenvalue weighted by Gasteiger charge is -2.11. The number of rotatable bonds is 6. The highest BCUT2D eigenvalue weighted by Gasteiger charge is 2.17. The van der Waals surface area contributed by atoms with Crippen LogP contribution in [0.2, 0.25) is 0 Å². The van der Waals surface area contributed by atoms with E-state index >= 15 is 0 Å². The van der Waals surface area contributed by atoms with Crippen LogP contribution < -0.4 is 0 Å². The van der Waals surface area contributed by atoms with E-state index in [0.717, 1.165) is 71.9 Å². The Morgan fingerprint density at radius 3 is 1.27 bits per heavy atom. The topological polar surface area (TPSA) is 90.7 Å². The monoisotopic (exact) mass is 669 g/mol. The van der Waals surface area contributed by atoms with Gasteiger partial charge in [0.15, 0.2) is 28.6 Å². The molecule has 244 valence electrons. The first-order chi connectivity index (χ1) is 25.7. The minimum Gasteiger partial charge on any atom is -0.436 e. The summed E-state index contributed by atoms with van der Waals surface area (Å²) in [5, 5.41) is 2.15. The molecule has 0 fully saturated rings. The number of fused-ring (bicyclic) bond motifs is 3. The van der Waals surface area contributed by atoms with Gasteiger partial charge in [-0.15, -0.1) is 0 Å². The van der Waals surface area contributed by atoms with Crippen molar-refractivity contribution in [3.8, 4) is 68.2 Å². The molecule has 0 saturated carbocycles. The summed E-state index contributed by atoms with van der Waals surface area (Å²) in [5.41, 5.74) is 9.46. The highest BCUT2D eigenvalue weighted by molar-refractivity contribution is 5.92. The molecule has 52 heavy (non-hydrogen) atoms. The summed E-state index contributed by atoms with van der Waals surface area (Å²) >= 11 is 0. The van der Waals surface area contributed by atoms with Gasteiger partial charge in [0.1, 0.15) is 11.0 Å². The molecule has 3 heterocycles. The molecule has 10 rings (SSSR count). The summed E-state index contributed by atoms with van der Waals surface area (Å²) in [5.74, 6) is 2.92. The first-order valence-corrected chi connectivity index (χ1v) is 17.0. The van der Waals surface area contributed by atoms with Crippen LogP contribution in [0.5, 0.6) is 0 Å². The maximum Gasteiger partial charge on any atom is 0.227 e. The van der Waals surface area contributed by atoms with Crippen molar-refractivity contribution in [2.24, 2.45) is 0 Å². The van der Waals surface area contributed by atoms with Gasteiger partial charge < -0.3 is 8.83 Å². The zero-order valence-corrected chi connectivity index (χ0v) is 27.6. The van der Waals surface area contributed by atoms with Crippen molar-refractivity contribution < 1.29 is 8.83 Å². The number of aromatic nitrogens is 5. The molecule has 10 aromatic rings. The summed E-state index contributed by atoms with van der Waals surface area (Å²) < 4.78 is 12.5. The van der Waals surface area contributed by atoms with Crippen molar-refractivity contribution in [2.45, 2.75) is 0 Å². The molecule has 0 spiro atoms. The first kappa shape index (κ1) is 29.6. The molecule has 7 heteroatoms. The zero-order chi connectivity index (χ0) is 34.4. The molecule has 0 atom stereocenters. The summed E-state index contributed by atoms with van der Waals surface area (Å²) in [4.78, 5) is 24.4. The highest BCUT2D eigenvalue weighted by Crippen LogP contribution is 2.36. The van der Waals surface area contributed by atoms with Crippen molar-refractivity contribution in [1.29, 1.82) is 0 Å². The van der Waals surface area contributed by atoms with Gasteiger partial charge in [-0.05, 0) is 76.5 Å². The third-order valence-electron chi connectivity index (χ3n) is 9.15. The molecule has 0 saturated heterocycles. The maximum atomic E-state index is 6.23. The smallest absolute Gasteiger partial charge is 0.227 e. The standard InChI is InChI=1S/C45H27N5O2/c1-3-11-29(12-4-1)41-48-42(30-13-5-2-6-14-30)50-43(49-41)32-22-20-28-19-21-31(23-33(28)24-32)34-25-35(44-46-37-15-7-9-17-39(37)51-44)27-36(26-34)45-47-38-16-8-10-18-40(38)52-45/h1-27H. The number of benzene rings is 7. The van der Waals surface area contributed by atoms with Crippen LogP contribution in [-0.2, 0) is 0 Å². The second kappa shape index (κ2) is 12.3. The Bertz CT molecular complexity index is 2700. The number of hydrogen-bond acceptors (Lipinski definition) is 7. The molecule has 0 bridgehead atoms. The minimum absolute atomic E-state index is 0.529. The third kappa shape index (κ3) is 5.47. The molecule has 3 aromatic heterocycles. The van der Waals surface area contributed by atoms with Crippen LogP contribution in [0, 0.1) is 0 Å². The quantitative estimate of drug-likeness (QED) is 0.174. The van der Waals surface area contributed by atoms with E-state index in [9.17, 15) is 0 Å². The average molecular weight is 670 g/mol. The molecular formula is C45H27N5O2. The number of nitrogens with zero attached hydrogens (tertiary/aromatic N) is 5. The summed E-state index contributed by atoms with van der Waals surface area (Å²) in [6, 6.07) is 54.6. The van der Waals surface area contributed by atoms with Gasteiger partial charge in [-0.3, -0.25) is 0 Å². The van der Waals surface area contributed by atoms with E-state index in [1.165, 1.54) is 0 Å². The van der Waals surface area contributed by atoms with Crippen LogP contribution in [-0.4, -0.2) is 24.9 Å². The molecule has 0 aliphatic carbocycles. The van der Waals surface area contributed by atoms with E-state index in [0.29, 0.717) is 29.3 Å². The van der Waals surface area contributed by atoms with Crippen molar-refractivity contribution in [1.82, 2.24) is 24.9 Å². The van der Waals surface area contributed by atoms with Crippen LogP contribution in [0.25, 0.3) is 101 Å². The van der Waals surface area contributed by atoms with Gasteiger partial charge in [-0.1, -0.05) is 109 Å². The minimum atomic E-state index is 0.529. The lowest BCUT2D eigenvalue weighted by molar-refractivity contribution is 0.617. The van der Waals surface area contributed by atoms with Crippen LogP contribution in [0.3, 0.4) is 0 Å². The Morgan fingerprint density at radius 2 is 0.731 bits per heavy atom. The summed E-state index contributed by atoms with van der Waals surface area (Å²) in [7, 11) is 0. The Balaban J connectivity index is 1.11. The molecular weight excluding hydrogens is 643 g/mol. The molecule has 0 radical (unpaired) electrons. The van der Waals surface area contributed by atoms with Gasteiger partial charge in [0.2, 0.25) is 11.8 Å². The zero-order valence-electron chi connectivity index (χ0n) is 27.6. The summed E-state index contributed by atoms with van der Waals surface area (Å²) in [6.45, 7) is 0. The van der Waals surface area contributed by atoms with E-state index in [4.69, 9.17) is 33.8 Å². The molecule has 7 nitrogen and oxygen atoms in total. The van der Waals surface area contributed by atoms with Crippen molar-refractivity contribution in [3.05, 3.63) is 164 Å². The lowest BCUT2D eigenvalue weighted by Crippen LogP contribution is -2.00. The Hall–Kier alpha value is -7.25. The molecule has 0 amide bonds. The SMILES string of the molecule is c1ccc(-c2nc(-c3ccccc3)nc(-c3ccc4ccc(-c5cc(-c6nc7ccccc7o6)cc(-c6nc7ccccc7o6)c5)cc4c3)n2)cc1. The fourth-order valence-corrected chi connectivity index (χ4v) is 6.54. The van der Waals surface area contributed by atoms with Crippen LogP contribution >= 0.6 is 0 Å². The largest absolute Gasteiger partial charge is 0.436 e. The van der Waals surface area contributed by atoms with E-state index in [-0.39, 0.29) is 0 Å². The summed E-state index contributed by atoms with van der Waals surface area (Å²) in [6.07, 6.45) is 0. The van der Waals surface area contributed by atoms with Crippen molar-refractivity contribution in [2.75, 3.05) is 0 Å². The van der Waals surface area contributed by atoms with Gasteiger partial charge >= 0.3 is 0 Å². The molecule has 0 aliphatic heterocycles. The van der Waals surface area contributed by atoms with E-state index < -0.39 is 0 Å². The predicted octanol–water partition coefficient (Wildman–Crippen LogP) is 11.3. The van der Waals surface area contributed by atoms with Crippen LogP contribution in [0.15, 0.2) is 173 Å². The van der Waals surface area contributed by atoms with Gasteiger partial charge in [0, 0.05) is 27.8 Å². The fourth-order valence-electron chi connectivity index (χ4n) is 6.54. The first-order valence-electron chi connectivity index (χ1n) is 17.0. The van der Waals surface area contributed by atoms with E-state index in [1.54, 1.807) is 0 Å². The van der Waals surface area contributed by atoms with E-state index in [1.807, 2.05) is 115 Å². The molecule has 0 aliphatic rings. The maximum absolute atomic E-state index is 6.23. The van der Waals surface area contributed by atoms with Crippen molar-refractivity contribution in [3.63, 3.8) is 0 Å². The number of oxazole rings is 2. The average Bonchev–Trinajstić information content (AvgIpc) is 3.86. The Morgan fingerprint density at radius 1 is 0.288 bits per heavy atom. The Kier molecular flexibility index (Phi) is 6.99. The van der Waals surface area contributed by atoms with Crippen molar-refractivity contribution >= 4 is 33.0 Å². The van der Waals surface area contributed by atoms with Gasteiger partial charge in [0.25, 0.3) is 0 Å². The number of hydrogen-bond donors (Lipinski definition) is 0. The lowest BCUT2D eigenvalue weighted by atomic mass is 9.96. The van der Waals surface area contributed by atoms with Crippen LogP contribution in [0.4, 0.5) is 0 Å². The normalized spacial score (nSPS) is 11.5. The highest BCUT2D eigenvalue weighted by atomic mass is 16.4. The number of para-hydroxylation sites is 4. The van der Waals surface area contributed by atoms with Gasteiger partial charge in [0.05, 0.1) is 0 Å². The van der Waals surface area contributed by atoms with Gasteiger partial charge in [-0.25, -0.2) is 24.9 Å². The van der Waals surface area contributed by atoms with Gasteiger partial charge in [-0.2, -0.15) is 0 Å². The van der Waals surface area contributed by atoms with Crippen LogP contribution in [0.1, 0.15) is 0 Å². The fraction of sp³-hybridized carbons (Fsp3) is 0. The predicted molar refractivity (Wildman–Crippen MR) is 205 cm³/mol. The second-order valence-corrected chi connectivity index (χ2v) is 12.6. The van der Waals surface area contributed by atoms with E-state index in [2.05, 4.69) is 48.5 Å². The molecule has 0 unspecified atom stereocenters. The molecule has 7 aromatic carbocycles. The third-order valence-corrected chi connectivity index (χ3v) is 9.15.